The van der Waals surface area contributed by atoms with Gasteiger partial charge in [0.2, 0.25) is 0 Å². The second-order valence-corrected chi connectivity index (χ2v) is 4.44. The smallest absolute Gasteiger partial charge is 0.130 e. The van der Waals surface area contributed by atoms with Crippen molar-refractivity contribution in [2.24, 2.45) is 5.73 Å². The molecule has 100 valence electrons. The first kappa shape index (κ1) is 13.4. The van der Waals surface area contributed by atoms with Crippen LogP contribution in [0.15, 0.2) is 42.5 Å². The largest absolute Gasteiger partial charge is 0.497 e. The Labute approximate surface area is 114 Å². The van der Waals surface area contributed by atoms with Gasteiger partial charge in [0, 0.05) is 17.7 Å². The highest BCUT2D eigenvalue weighted by atomic mass is 16.5. The van der Waals surface area contributed by atoms with E-state index in [-0.39, 0.29) is 6.04 Å². The molecule has 0 aromatic heterocycles. The summed E-state index contributed by atoms with van der Waals surface area (Å²) in [6.07, 6.45) is 0. The number of rotatable bonds is 4. The maximum atomic E-state index is 6.03. The van der Waals surface area contributed by atoms with Crippen molar-refractivity contribution in [2.45, 2.75) is 13.0 Å². The highest BCUT2D eigenvalue weighted by molar-refractivity contribution is 5.74. The highest BCUT2D eigenvalue weighted by Gasteiger charge is 2.13. The van der Waals surface area contributed by atoms with Crippen molar-refractivity contribution in [2.75, 3.05) is 14.2 Å². The van der Waals surface area contributed by atoms with Gasteiger partial charge in [-0.25, -0.2) is 0 Å². The first-order valence-corrected chi connectivity index (χ1v) is 6.24. The minimum absolute atomic E-state index is 0.0250. The molecule has 1 atom stereocenters. The van der Waals surface area contributed by atoms with Crippen LogP contribution in [0.4, 0.5) is 0 Å². The third-order valence-electron chi connectivity index (χ3n) is 3.15. The Morgan fingerprint density at radius 3 is 2.32 bits per heavy atom. The first-order chi connectivity index (χ1) is 9.17. The molecule has 0 heterocycles. The molecule has 2 N–H and O–H groups in total. The van der Waals surface area contributed by atoms with Crippen LogP contribution in [-0.2, 0) is 0 Å². The summed E-state index contributed by atoms with van der Waals surface area (Å²) in [7, 11) is 3.30. The van der Waals surface area contributed by atoms with Crippen molar-refractivity contribution in [3.8, 4) is 22.6 Å². The molecule has 0 aliphatic heterocycles. The highest BCUT2D eigenvalue weighted by Crippen LogP contribution is 2.36. The molecule has 0 radical (unpaired) electrons. The molecule has 1 unspecified atom stereocenters. The zero-order chi connectivity index (χ0) is 13.8. The van der Waals surface area contributed by atoms with Gasteiger partial charge in [0.05, 0.1) is 14.2 Å². The zero-order valence-corrected chi connectivity index (χ0v) is 11.5. The van der Waals surface area contributed by atoms with Crippen molar-refractivity contribution in [3.05, 3.63) is 48.0 Å². The Morgan fingerprint density at radius 2 is 1.68 bits per heavy atom. The summed E-state index contributed by atoms with van der Waals surface area (Å²) in [5.41, 5.74) is 9.26. The summed E-state index contributed by atoms with van der Waals surface area (Å²) in [6, 6.07) is 13.9. The summed E-state index contributed by atoms with van der Waals surface area (Å²) < 4.78 is 10.7. The minimum Gasteiger partial charge on any atom is -0.497 e. The van der Waals surface area contributed by atoms with Crippen LogP contribution in [0.2, 0.25) is 0 Å². The third-order valence-corrected chi connectivity index (χ3v) is 3.15. The lowest BCUT2D eigenvalue weighted by Gasteiger charge is -2.16. The van der Waals surface area contributed by atoms with Gasteiger partial charge in [-0.1, -0.05) is 24.3 Å². The Hall–Kier alpha value is -2.00. The van der Waals surface area contributed by atoms with E-state index in [1.807, 2.05) is 43.3 Å². The van der Waals surface area contributed by atoms with Gasteiger partial charge in [-0.15, -0.1) is 0 Å². The SMILES string of the molecule is COc1ccc(-c2ccccc2C(C)N)c(OC)c1. The molecule has 0 bridgehead atoms. The second kappa shape index (κ2) is 5.76. The van der Waals surface area contributed by atoms with Crippen molar-refractivity contribution in [3.63, 3.8) is 0 Å². The molecule has 2 rings (SSSR count). The van der Waals surface area contributed by atoms with E-state index < -0.39 is 0 Å². The number of ether oxygens (including phenoxy) is 2. The molecular weight excluding hydrogens is 238 g/mol. The Kier molecular flexibility index (Phi) is 4.07. The lowest BCUT2D eigenvalue weighted by Crippen LogP contribution is -2.06. The number of hydrogen-bond donors (Lipinski definition) is 1. The molecule has 0 saturated carbocycles. The van der Waals surface area contributed by atoms with E-state index in [9.17, 15) is 0 Å². The molecule has 2 aromatic rings. The van der Waals surface area contributed by atoms with Crippen LogP contribution in [0.1, 0.15) is 18.5 Å². The van der Waals surface area contributed by atoms with Gasteiger partial charge in [0.15, 0.2) is 0 Å². The average Bonchev–Trinajstić information content (AvgIpc) is 2.46. The molecule has 0 aliphatic rings. The van der Waals surface area contributed by atoms with Crippen LogP contribution in [-0.4, -0.2) is 14.2 Å². The van der Waals surface area contributed by atoms with E-state index in [1.54, 1.807) is 14.2 Å². The Morgan fingerprint density at radius 1 is 0.947 bits per heavy atom. The standard InChI is InChI=1S/C16H19NO2/c1-11(17)13-6-4-5-7-14(13)15-9-8-12(18-2)10-16(15)19-3/h4-11H,17H2,1-3H3. The fraction of sp³-hybridized carbons (Fsp3) is 0.250. The number of nitrogens with two attached hydrogens (primary N) is 1. The number of benzene rings is 2. The predicted molar refractivity (Wildman–Crippen MR) is 77.6 cm³/mol. The third kappa shape index (κ3) is 2.71. The van der Waals surface area contributed by atoms with Gasteiger partial charge in [-0.2, -0.15) is 0 Å². The lowest BCUT2D eigenvalue weighted by molar-refractivity contribution is 0.395. The van der Waals surface area contributed by atoms with E-state index in [0.29, 0.717) is 0 Å². The molecule has 0 spiro atoms. The molecule has 0 amide bonds. The van der Waals surface area contributed by atoms with Gasteiger partial charge in [0.1, 0.15) is 11.5 Å². The Balaban J connectivity index is 2.58. The second-order valence-electron chi connectivity index (χ2n) is 4.44. The molecule has 0 saturated heterocycles. The summed E-state index contributed by atoms with van der Waals surface area (Å²) in [4.78, 5) is 0. The van der Waals surface area contributed by atoms with E-state index in [2.05, 4.69) is 6.07 Å². The fourth-order valence-electron chi connectivity index (χ4n) is 2.16. The van der Waals surface area contributed by atoms with Crippen LogP contribution in [0.3, 0.4) is 0 Å². The van der Waals surface area contributed by atoms with E-state index in [4.69, 9.17) is 15.2 Å². The summed E-state index contributed by atoms with van der Waals surface area (Å²) in [5, 5.41) is 0. The molecule has 3 nitrogen and oxygen atoms in total. The zero-order valence-electron chi connectivity index (χ0n) is 11.5. The number of methoxy groups -OCH3 is 2. The molecule has 2 aromatic carbocycles. The lowest BCUT2D eigenvalue weighted by atomic mass is 9.95. The predicted octanol–water partition coefficient (Wildman–Crippen LogP) is 3.39. The maximum Gasteiger partial charge on any atom is 0.130 e. The van der Waals surface area contributed by atoms with Gasteiger partial charge in [-0.3, -0.25) is 0 Å². The molecule has 0 aliphatic carbocycles. The van der Waals surface area contributed by atoms with Crippen molar-refractivity contribution >= 4 is 0 Å². The van der Waals surface area contributed by atoms with Crippen molar-refractivity contribution in [1.82, 2.24) is 0 Å². The topological polar surface area (TPSA) is 44.5 Å². The molecule has 0 fully saturated rings. The van der Waals surface area contributed by atoms with Crippen LogP contribution in [0.25, 0.3) is 11.1 Å². The van der Waals surface area contributed by atoms with Gasteiger partial charge < -0.3 is 15.2 Å². The van der Waals surface area contributed by atoms with Gasteiger partial charge in [-0.05, 0) is 30.2 Å². The van der Waals surface area contributed by atoms with Crippen molar-refractivity contribution in [1.29, 1.82) is 0 Å². The van der Waals surface area contributed by atoms with Crippen LogP contribution in [0, 0.1) is 0 Å². The van der Waals surface area contributed by atoms with Crippen molar-refractivity contribution < 1.29 is 9.47 Å². The quantitative estimate of drug-likeness (QED) is 0.913. The molecule has 3 heteroatoms. The van der Waals surface area contributed by atoms with E-state index >= 15 is 0 Å². The molecular formula is C16H19NO2. The van der Waals surface area contributed by atoms with Crippen LogP contribution in [0.5, 0.6) is 11.5 Å². The van der Waals surface area contributed by atoms with E-state index in [0.717, 1.165) is 28.2 Å². The normalized spacial score (nSPS) is 12.0. The summed E-state index contributed by atoms with van der Waals surface area (Å²) in [6.45, 7) is 1.98. The minimum atomic E-state index is -0.0250. The average molecular weight is 257 g/mol. The Bertz CT molecular complexity index is 564. The van der Waals surface area contributed by atoms with Crippen LogP contribution >= 0.6 is 0 Å². The summed E-state index contributed by atoms with van der Waals surface area (Å²) >= 11 is 0. The fourth-order valence-corrected chi connectivity index (χ4v) is 2.16. The summed E-state index contributed by atoms with van der Waals surface area (Å²) in [5.74, 6) is 1.56. The number of hydrogen-bond acceptors (Lipinski definition) is 3. The van der Waals surface area contributed by atoms with E-state index in [1.165, 1.54) is 0 Å². The van der Waals surface area contributed by atoms with Gasteiger partial charge in [0.25, 0.3) is 0 Å². The van der Waals surface area contributed by atoms with Crippen LogP contribution < -0.4 is 15.2 Å². The first-order valence-electron chi connectivity index (χ1n) is 6.24. The van der Waals surface area contributed by atoms with Gasteiger partial charge >= 0.3 is 0 Å². The maximum absolute atomic E-state index is 6.03. The monoisotopic (exact) mass is 257 g/mol. The molecule has 19 heavy (non-hydrogen) atoms.